The Morgan fingerprint density at radius 1 is 0.812 bits per heavy atom. The molecule has 0 saturated heterocycles. The molecule has 0 aromatic heterocycles. The van der Waals surface area contributed by atoms with Crippen molar-refractivity contribution in [3.8, 4) is 0 Å². The van der Waals surface area contributed by atoms with Crippen LogP contribution in [0.3, 0.4) is 0 Å². The van der Waals surface area contributed by atoms with Crippen molar-refractivity contribution >= 4 is 0 Å². The molecule has 2 N–H and O–H groups in total. The number of nitrogens with two attached hydrogens (primary N) is 1. The van der Waals surface area contributed by atoms with E-state index in [1.807, 2.05) is 19.9 Å². The maximum Gasteiger partial charge on any atom is 0.00838 e. The summed E-state index contributed by atoms with van der Waals surface area (Å²) in [6.07, 6.45) is 13.3. The molecule has 0 heterocycles. The van der Waals surface area contributed by atoms with Crippen LogP contribution in [-0.2, 0) is 0 Å². The second-order valence-electron chi connectivity index (χ2n) is 4.14. The standard InChI is InChI=1S/C13H17N.C2H6/c1-10-2-4-11(5-3-10)12-6-8-13(14)9-7-12;1-2/h2,4,6,8H,3,5,7,9,14H2,1H3;1-2H3. The van der Waals surface area contributed by atoms with Crippen LogP contribution in [0.15, 0.2) is 46.7 Å². The van der Waals surface area contributed by atoms with Crippen molar-refractivity contribution in [1.82, 2.24) is 0 Å². The number of hydrogen-bond acceptors (Lipinski definition) is 1. The summed E-state index contributed by atoms with van der Waals surface area (Å²) in [7, 11) is 0. The van der Waals surface area contributed by atoms with E-state index < -0.39 is 0 Å². The SMILES string of the molecule is CC.CC1=CC=C(C2=CC=C(N)CC2)CC1. The quantitative estimate of drug-likeness (QED) is 0.698. The molecule has 0 aromatic carbocycles. The molecule has 88 valence electrons. The Bertz CT molecular complexity index is 318. The lowest BCUT2D eigenvalue weighted by molar-refractivity contribution is 0.845. The van der Waals surface area contributed by atoms with E-state index in [2.05, 4.69) is 25.2 Å². The van der Waals surface area contributed by atoms with E-state index in [4.69, 9.17) is 5.73 Å². The molecule has 2 rings (SSSR count). The highest BCUT2D eigenvalue weighted by atomic mass is 14.6. The zero-order chi connectivity index (χ0) is 12.0. The highest BCUT2D eigenvalue weighted by Crippen LogP contribution is 2.29. The van der Waals surface area contributed by atoms with Crippen molar-refractivity contribution in [3.63, 3.8) is 0 Å². The van der Waals surface area contributed by atoms with Gasteiger partial charge in [0.1, 0.15) is 0 Å². The van der Waals surface area contributed by atoms with Gasteiger partial charge >= 0.3 is 0 Å². The highest BCUT2D eigenvalue weighted by molar-refractivity contribution is 5.41. The Kier molecular flexibility index (Phi) is 5.10. The van der Waals surface area contributed by atoms with E-state index >= 15 is 0 Å². The maximum absolute atomic E-state index is 5.73. The lowest BCUT2D eigenvalue weighted by Gasteiger charge is -2.18. The third kappa shape index (κ3) is 3.41. The minimum atomic E-state index is 1.01. The van der Waals surface area contributed by atoms with Gasteiger partial charge in [0.15, 0.2) is 0 Å². The largest absolute Gasteiger partial charge is 0.402 e. The van der Waals surface area contributed by atoms with Crippen LogP contribution in [0.5, 0.6) is 0 Å². The Labute approximate surface area is 99.4 Å². The molecule has 0 bridgehead atoms. The van der Waals surface area contributed by atoms with Gasteiger partial charge in [0.25, 0.3) is 0 Å². The third-order valence-electron chi connectivity index (χ3n) is 2.95. The van der Waals surface area contributed by atoms with E-state index in [0.29, 0.717) is 0 Å². The fraction of sp³-hybridized carbons (Fsp3) is 0.467. The Morgan fingerprint density at radius 3 is 1.81 bits per heavy atom. The summed E-state index contributed by atoms with van der Waals surface area (Å²) in [6, 6.07) is 0. The molecule has 2 aliphatic rings. The van der Waals surface area contributed by atoms with Crippen LogP contribution >= 0.6 is 0 Å². The van der Waals surface area contributed by atoms with Crippen LogP contribution in [0.1, 0.15) is 46.5 Å². The zero-order valence-corrected chi connectivity index (χ0v) is 10.7. The molecule has 1 nitrogen and oxygen atoms in total. The summed E-state index contributed by atoms with van der Waals surface area (Å²) in [5, 5.41) is 0. The van der Waals surface area contributed by atoms with Gasteiger partial charge in [-0.15, -0.1) is 0 Å². The second kappa shape index (κ2) is 6.37. The van der Waals surface area contributed by atoms with Gasteiger partial charge in [-0.3, -0.25) is 0 Å². The van der Waals surface area contributed by atoms with Gasteiger partial charge in [-0.25, -0.2) is 0 Å². The fourth-order valence-electron chi connectivity index (χ4n) is 1.93. The Hall–Kier alpha value is -1.24. The predicted octanol–water partition coefficient (Wildman–Crippen LogP) is 4.24. The summed E-state index contributed by atoms with van der Waals surface area (Å²) < 4.78 is 0. The monoisotopic (exact) mass is 217 g/mol. The average Bonchev–Trinajstić information content (AvgIpc) is 2.34. The molecular weight excluding hydrogens is 194 g/mol. The van der Waals surface area contributed by atoms with Gasteiger partial charge in [0.2, 0.25) is 0 Å². The third-order valence-corrected chi connectivity index (χ3v) is 2.95. The van der Waals surface area contributed by atoms with E-state index in [9.17, 15) is 0 Å². The smallest absolute Gasteiger partial charge is 0.00838 e. The minimum Gasteiger partial charge on any atom is -0.402 e. The molecule has 0 atom stereocenters. The summed E-state index contributed by atoms with van der Waals surface area (Å²) >= 11 is 0. The molecule has 2 aliphatic carbocycles. The van der Waals surface area contributed by atoms with Crippen molar-refractivity contribution in [3.05, 3.63) is 46.7 Å². The second-order valence-corrected chi connectivity index (χ2v) is 4.14. The van der Waals surface area contributed by atoms with Crippen LogP contribution in [0.2, 0.25) is 0 Å². The van der Waals surface area contributed by atoms with Crippen molar-refractivity contribution in [2.24, 2.45) is 5.73 Å². The molecule has 1 heteroatoms. The van der Waals surface area contributed by atoms with E-state index in [-0.39, 0.29) is 0 Å². The summed E-state index contributed by atoms with van der Waals surface area (Å²) in [5.74, 6) is 0. The normalized spacial score (nSPS) is 19.7. The highest BCUT2D eigenvalue weighted by Gasteiger charge is 2.10. The summed E-state index contributed by atoms with van der Waals surface area (Å²) in [4.78, 5) is 0. The first-order chi connectivity index (χ1) is 7.75. The number of rotatable bonds is 1. The molecule has 0 aliphatic heterocycles. The maximum atomic E-state index is 5.73. The van der Waals surface area contributed by atoms with Gasteiger partial charge in [-0.05, 0) is 49.8 Å². The van der Waals surface area contributed by atoms with Gasteiger partial charge in [0, 0.05) is 5.70 Å². The fourth-order valence-corrected chi connectivity index (χ4v) is 1.93. The van der Waals surface area contributed by atoms with Crippen LogP contribution in [-0.4, -0.2) is 0 Å². The summed E-state index contributed by atoms with van der Waals surface area (Å²) in [6.45, 7) is 6.19. The lowest BCUT2D eigenvalue weighted by Crippen LogP contribution is -2.04. The van der Waals surface area contributed by atoms with Crippen molar-refractivity contribution in [2.75, 3.05) is 0 Å². The zero-order valence-electron chi connectivity index (χ0n) is 10.7. The van der Waals surface area contributed by atoms with Crippen LogP contribution in [0, 0.1) is 0 Å². The van der Waals surface area contributed by atoms with Gasteiger partial charge in [-0.1, -0.05) is 37.6 Å². The van der Waals surface area contributed by atoms with Gasteiger partial charge < -0.3 is 5.73 Å². The van der Waals surface area contributed by atoms with Crippen molar-refractivity contribution in [2.45, 2.75) is 46.5 Å². The van der Waals surface area contributed by atoms with Crippen molar-refractivity contribution < 1.29 is 0 Å². The number of hydrogen-bond donors (Lipinski definition) is 1. The van der Waals surface area contributed by atoms with Crippen LogP contribution < -0.4 is 5.73 Å². The van der Waals surface area contributed by atoms with Gasteiger partial charge in [0.05, 0.1) is 0 Å². The number of allylic oxidation sites excluding steroid dienone is 8. The van der Waals surface area contributed by atoms with Crippen molar-refractivity contribution in [1.29, 1.82) is 0 Å². The molecule has 0 amide bonds. The van der Waals surface area contributed by atoms with E-state index in [0.717, 1.165) is 18.5 Å². The minimum absolute atomic E-state index is 1.01. The van der Waals surface area contributed by atoms with E-state index in [1.165, 1.54) is 29.6 Å². The average molecular weight is 217 g/mol. The predicted molar refractivity (Wildman–Crippen MR) is 72.0 cm³/mol. The first kappa shape index (κ1) is 12.8. The topological polar surface area (TPSA) is 26.0 Å². The van der Waals surface area contributed by atoms with Gasteiger partial charge in [-0.2, -0.15) is 0 Å². The van der Waals surface area contributed by atoms with Crippen LogP contribution in [0.25, 0.3) is 0 Å². The van der Waals surface area contributed by atoms with E-state index in [1.54, 1.807) is 0 Å². The lowest BCUT2D eigenvalue weighted by atomic mass is 9.89. The first-order valence-corrected chi connectivity index (χ1v) is 6.27. The summed E-state index contributed by atoms with van der Waals surface area (Å²) in [5.41, 5.74) is 11.2. The molecular formula is C15H23N. The van der Waals surface area contributed by atoms with Crippen LogP contribution in [0.4, 0.5) is 0 Å². The molecule has 16 heavy (non-hydrogen) atoms. The first-order valence-electron chi connectivity index (χ1n) is 6.27. The molecule has 0 aromatic rings. The molecule has 0 spiro atoms. The molecule has 0 saturated carbocycles. The molecule has 0 fully saturated rings. The molecule has 0 unspecified atom stereocenters. The Morgan fingerprint density at radius 2 is 1.38 bits per heavy atom. The Balaban J connectivity index is 0.000000606. The molecule has 0 radical (unpaired) electrons.